The third-order valence-electron chi connectivity index (χ3n) is 4.81. The molecule has 13 nitrogen and oxygen atoms in total. The Labute approximate surface area is 202 Å². The quantitative estimate of drug-likeness (QED) is 0.146. The summed E-state index contributed by atoms with van der Waals surface area (Å²) in [4.78, 5) is 58.7. The van der Waals surface area contributed by atoms with E-state index >= 15 is 0 Å². The average Bonchev–Trinajstić information content (AvgIpc) is 3.18. The van der Waals surface area contributed by atoms with Gasteiger partial charge in [-0.15, -0.1) is 35.5 Å². The molecule has 0 radical (unpaired) electrons. The van der Waals surface area contributed by atoms with Crippen molar-refractivity contribution in [1.29, 1.82) is 0 Å². The van der Waals surface area contributed by atoms with E-state index in [1.165, 1.54) is 4.90 Å². The Morgan fingerprint density at radius 1 is 1.45 bits per heavy atom. The number of aliphatic carboxylic acids is 1. The number of hydrogen-bond donors (Lipinski definition) is 4. The van der Waals surface area contributed by atoms with Crippen LogP contribution < -0.4 is 16.8 Å². The molecule has 0 aromatic carbocycles. The highest BCUT2D eigenvalue weighted by molar-refractivity contribution is 8.00. The predicted octanol–water partition coefficient (Wildman–Crippen LogP) is -0.156. The molecular formula is C17H23ClN6O7S2. The van der Waals surface area contributed by atoms with Gasteiger partial charge in [0.05, 0.1) is 0 Å². The molecule has 1 aromatic heterocycles. The number of aromatic nitrogens is 1. The third-order valence-corrected chi connectivity index (χ3v) is 7.07. The first-order valence-corrected chi connectivity index (χ1v) is 11.4. The lowest BCUT2D eigenvalue weighted by Crippen LogP contribution is -2.74. The van der Waals surface area contributed by atoms with Gasteiger partial charge in [-0.05, 0) is 6.42 Å². The highest BCUT2D eigenvalue weighted by Gasteiger charge is 2.58. The fourth-order valence-corrected chi connectivity index (χ4v) is 5.20. The molecule has 1 aromatic rings. The van der Waals surface area contributed by atoms with E-state index in [9.17, 15) is 24.3 Å². The average molecular weight is 523 g/mol. The molecule has 2 fully saturated rings. The third kappa shape index (κ3) is 5.59. The van der Waals surface area contributed by atoms with Crippen LogP contribution >= 0.6 is 35.5 Å². The molecular weight excluding hydrogens is 500 g/mol. The van der Waals surface area contributed by atoms with Crippen molar-refractivity contribution in [3.8, 4) is 0 Å². The van der Waals surface area contributed by atoms with Gasteiger partial charge < -0.3 is 36.4 Å². The molecule has 0 saturated carbocycles. The van der Waals surface area contributed by atoms with Crippen LogP contribution in [0.2, 0.25) is 0 Å². The van der Waals surface area contributed by atoms with Gasteiger partial charge in [-0.1, -0.05) is 12.1 Å². The Morgan fingerprint density at radius 3 is 2.76 bits per heavy atom. The number of fused-ring (bicyclic) bond motifs is 1. The van der Waals surface area contributed by atoms with Crippen LogP contribution in [0.25, 0.3) is 0 Å². The van der Waals surface area contributed by atoms with E-state index in [0.29, 0.717) is 6.42 Å². The summed E-state index contributed by atoms with van der Waals surface area (Å²) < 4.78 is 4.70. The number of nitrogen functional groups attached to an aromatic ring is 1. The van der Waals surface area contributed by atoms with Gasteiger partial charge in [-0.2, -0.15) is 0 Å². The smallest absolute Gasteiger partial charge is 0.404 e. The van der Waals surface area contributed by atoms with E-state index in [0.717, 1.165) is 23.1 Å². The first-order chi connectivity index (χ1) is 15.2. The number of thiazole rings is 1. The zero-order chi connectivity index (χ0) is 23.5. The first kappa shape index (κ1) is 26.5. The number of thioether (sulfide) groups is 1. The summed E-state index contributed by atoms with van der Waals surface area (Å²) in [6.07, 6.45) is -0.422. The number of nitrogens with two attached hydrogens (primary N) is 2. The zero-order valence-electron chi connectivity index (χ0n) is 17.4. The van der Waals surface area contributed by atoms with Crippen LogP contribution in [-0.2, 0) is 24.0 Å². The maximum absolute atomic E-state index is 12.8. The largest absolute Gasteiger partial charge is 0.481 e. The molecule has 0 spiro atoms. The number of halogens is 1. The number of carbonyl (C=O) groups is 4. The number of oxime groups is 1. The van der Waals surface area contributed by atoms with E-state index in [1.54, 1.807) is 5.38 Å². The summed E-state index contributed by atoms with van der Waals surface area (Å²) in [5.74, 6) is -2.29. The number of amides is 3. The maximum Gasteiger partial charge on any atom is 0.404 e. The number of nitrogens with zero attached hydrogens (tertiary/aromatic N) is 3. The van der Waals surface area contributed by atoms with Gasteiger partial charge in [-0.3, -0.25) is 14.4 Å². The van der Waals surface area contributed by atoms with Crippen LogP contribution in [0, 0.1) is 5.41 Å². The van der Waals surface area contributed by atoms with Crippen molar-refractivity contribution in [2.24, 2.45) is 16.3 Å². The topological polar surface area (TPSA) is 200 Å². The molecule has 0 aliphatic carbocycles. The van der Waals surface area contributed by atoms with Gasteiger partial charge in [-0.25, -0.2) is 9.78 Å². The molecule has 3 amide bonds. The molecule has 3 rings (SSSR count). The standard InChI is InChI=1S/C17H22N6O7S2.ClH/c1-2-3-30-22-9(8-4-31-15(18)20-8)11(24)21-10-12(25)23-5-17(14(26)27,6-29-16(19)28)7-32-13(10)23;/h4,10,13H,2-3,5-7H2,1H3,(H2,18,20)(H2,19,28)(H,21,24)(H,26,27);1H/t10?,13-,17?;/m1./s1. The van der Waals surface area contributed by atoms with Crippen molar-refractivity contribution in [2.75, 3.05) is 31.2 Å². The lowest BCUT2D eigenvalue weighted by atomic mass is 9.88. The van der Waals surface area contributed by atoms with Crippen molar-refractivity contribution in [1.82, 2.24) is 15.2 Å². The minimum atomic E-state index is -1.49. The number of anilines is 1. The number of β-lactam (4-membered cyclic amide) rings is 1. The van der Waals surface area contributed by atoms with Crippen LogP contribution in [0.1, 0.15) is 19.0 Å². The SMILES string of the molecule is CCCON=C(C(=O)NC1C(=O)N2CC(COC(N)=O)(C(=O)O)CS[C@H]12)c1csc(N)n1.Cl. The van der Waals surface area contributed by atoms with Crippen molar-refractivity contribution in [2.45, 2.75) is 24.8 Å². The van der Waals surface area contributed by atoms with Gasteiger partial charge >= 0.3 is 12.1 Å². The van der Waals surface area contributed by atoms with Crippen LogP contribution in [0.4, 0.5) is 9.93 Å². The van der Waals surface area contributed by atoms with Gasteiger partial charge in [0.1, 0.15) is 35.7 Å². The number of ether oxygens (including phenoxy) is 1. The number of hydrogen-bond acceptors (Lipinski definition) is 11. The Balaban J connectivity index is 0.00000385. The van der Waals surface area contributed by atoms with Gasteiger partial charge in [0, 0.05) is 17.7 Å². The molecule has 182 valence electrons. The molecule has 6 N–H and O–H groups in total. The highest BCUT2D eigenvalue weighted by atomic mass is 35.5. The lowest BCUT2D eigenvalue weighted by Gasteiger charge is -2.53. The molecule has 2 aliphatic heterocycles. The lowest BCUT2D eigenvalue weighted by molar-refractivity contribution is -0.160. The predicted molar refractivity (Wildman–Crippen MR) is 122 cm³/mol. The Hall–Kier alpha value is -2.78. The van der Waals surface area contributed by atoms with Gasteiger partial charge in [0.25, 0.3) is 5.91 Å². The second-order valence-electron chi connectivity index (χ2n) is 7.16. The number of carboxylic acids is 1. The summed E-state index contributed by atoms with van der Waals surface area (Å²) in [6.45, 7) is 1.52. The second-order valence-corrected chi connectivity index (χ2v) is 9.15. The van der Waals surface area contributed by atoms with E-state index in [-0.39, 0.29) is 47.8 Å². The second kappa shape index (κ2) is 10.9. The molecule has 2 unspecified atom stereocenters. The fourth-order valence-electron chi connectivity index (χ4n) is 3.13. The summed E-state index contributed by atoms with van der Waals surface area (Å²) in [5, 5.41) is 17.4. The molecule has 33 heavy (non-hydrogen) atoms. The first-order valence-electron chi connectivity index (χ1n) is 9.48. The summed E-state index contributed by atoms with van der Waals surface area (Å²) >= 11 is 2.29. The summed E-state index contributed by atoms with van der Waals surface area (Å²) in [5.41, 5.74) is 9.20. The van der Waals surface area contributed by atoms with Crippen LogP contribution in [0.3, 0.4) is 0 Å². The van der Waals surface area contributed by atoms with Crippen LogP contribution in [0.5, 0.6) is 0 Å². The monoisotopic (exact) mass is 522 g/mol. The van der Waals surface area contributed by atoms with E-state index in [4.69, 9.17) is 21.0 Å². The van der Waals surface area contributed by atoms with E-state index in [1.807, 2.05) is 6.92 Å². The Kier molecular flexibility index (Phi) is 8.74. The summed E-state index contributed by atoms with van der Waals surface area (Å²) in [7, 11) is 0. The molecule has 0 bridgehead atoms. The molecule has 3 atom stereocenters. The number of rotatable bonds is 9. The normalized spacial score (nSPS) is 24.1. The Morgan fingerprint density at radius 2 is 2.18 bits per heavy atom. The Bertz CT molecular complexity index is 960. The molecule has 2 aliphatic rings. The van der Waals surface area contributed by atoms with Crippen molar-refractivity contribution < 1.29 is 33.9 Å². The highest BCUT2D eigenvalue weighted by Crippen LogP contribution is 2.42. The summed E-state index contributed by atoms with van der Waals surface area (Å²) in [6, 6.07) is -0.885. The van der Waals surface area contributed by atoms with Crippen molar-refractivity contribution in [3.05, 3.63) is 11.1 Å². The molecule has 3 heterocycles. The molecule has 16 heteroatoms. The fraction of sp³-hybridized carbons (Fsp3) is 0.529. The van der Waals surface area contributed by atoms with Crippen LogP contribution in [-0.4, -0.2) is 81.5 Å². The minimum absolute atomic E-state index is 0. The van der Waals surface area contributed by atoms with Crippen molar-refractivity contribution >= 4 is 70.2 Å². The van der Waals surface area contributed by atoms with E-state index in [2.05, 4.69) is 15.5 Å². The number of carbonyl (C=O) groups excluding carboxylic acids is 3. The number of carboxylic acid groups (broad SMARTS) is 1. The van der Waals surface area contributed by atoms with Crippen LogP contribution in [0.15, 0.2) is 10.5 Å². The van der Waals surface area contributed by atoms with Gasteiger partial charge in [0.2, 0.25) is 5.91 Å². The number of primary amides is 1. The maximum atomic E-state index is 12.8. The number of nitrogens with one attached hydrogen (secondary N) is 1. The molecule has 2 saturated heterocycles. The van der Waals surface area contributed by atoms with Crippen molar-refractivity contribution in [3.63, 3.8) is 0 Å². The zero-order valence-corrected chi connectivity index (χ0v) is 19.8. The van der Waals surface area contributed by atoms with Gasteiger partial charge in [0.15, 0.2) is 10.8 Å². The van der Waals surface area contributed by atoms with E-state index < -0.39 is 47.3 Å². The minimum Gasteiger partial charge on any atom is -0.481 e.